The minimum atomic E-state index is -2.05. The maximum Gasteiger partial charge on any atom is 0.425 e. The number of nitrogens with zero attached hydrogens (tertiary/aromatic N) is 1. The van der Waals surface area contributed by atoms with Crippen LogP contribution in [0.15, 0.2) is 60.7 Å². The van der Waals surface area contributed by atoms with E-state index in [2.05, 4.69) is 5.43 Å². The summed E-state index contributed by atoms with van der Waals surface area (Å²) in [5.41, 5.74) is -0.0912. The van der Waals surface area contributed by atoms with Crippen LogP contribution in [0.3, 0.4) is 0 Å². The molecule has 40 heavy (non-hydrogen) atoms. The third-order valence-electron chi connectivity index (χ3n) is 6.85. The smallest absolute Gasteiger partial charge is 0.425 e. The molecule has 4 N–H and O–H groups in total. The Balaban J connectivity index is 2.74. The van der Waals surface area contributed by atoms with E-state index in [1.54, 1.807) is 65.0 Å². The highest BCUT2D eigenvalue weighted by Gasteiger charge is 2.59. The van der Waals surface area contributed by atoms with E-state index < -0.39 is 59.4 Å². The van der Waals surface area contributed by atoms with Gasteiger partial charge in [0.05, 0.1) is 0 Å². The summed E-state index contributed by atoms with van der Waals surface area (Å²) in [5, 5.41) is 30.8. The van der Waals surface area contributed by atoms with Crippen molar-refractivity contribution in [3.8, 4) is 0 Å². The molecule has 0 saturated carbocycles. The van der Waals surface area contributed by atoms with Gasteiger partial charge in [0.25, 0.3) is 0 Å². The van der Waals surface area contributed by atoms with E-state index in [0.29, 0.717) is 18.4 Å². The molecule has 2 aromatic rings. The number of aryl methyl sites for hydroxylation is 1. The van der Waals surface area contributed by atoms with Gasteiger partial charge in [-0.15, -0.1) is 0 Å². The Morgan fingerprint density at radius 3 is 1.82 bits per heavy atom. The normalized spacial score (nSPS) is 14.0. The molecule has 10 nitrogen and oxygen atoms in total. The van der Waals surface area contributed by atoms with Gasteiger partial charge >= 0.3 is 24.0 Å². The fourth-order valence-corrected chi connectivity index (χ4v) is 4.57. The average Bonchev–Trinajstić information content (AvgIpc) is 2.86. The Hall–Kier alpha value is -3.92. The first-order valence-corrected chi connectivity index (χ1v) is 13.1. The third kappa shape index (κ3) is 8.54. The number of hydrogen-bond donors (Lipinski definition) is 4. The summed E-state index contributed by atoms with van der Waals surface area (Å²) in [7, 11) is 0. The zero-order valence-corrected chi connectivity index (χ0v) is 23.7. The molecule has 0 aliphatic carbocycles. The number of ether oxygens (including phenoxy) is 1. The lowest BCUT2D eigenvalue weighted by molar-refractivity contribution is -0.169. The van der Waals surface area contributed by atoms with Gasteiger partial charge in [-0.1, -0.05) is 74.5 Å². The molecular weight excluding hydrogens is 516 g/mol. The molecule has 1 amide bonds. The molecule has 0 heterocycles. The Kier molecular flexibility index (Phi) is 10.8. The molecule has 2 rings (SSSR count). The predicted octanol–water partition coefficient (Wildman–Crippen LogP) is 4.77. The van der Waals surface area contributed by atoms with Crippen LogP contribution < -0.4 is 5.43 Å². The van der Waals surface area contributed by atoms with E-state index in [9.17, 15) is 34.5 Å². The van der Waals surface area contributed by atoms with Crippen LogP contribution in [0.5, 0.6) is 0 Å². The molecule has 0 aromatic heterocycles. The Labute approximate surface area is 234 Å². The lowest BCUT2D eigenvalue weighted by atomic mass is 9.65. The number of carbonyl (C=O) groups excluding carboxylic acids is 1. The van der Waals surface area contributed by atoms with E-state index in [-0.39, 0.29) is 6.42 Å². The van der Waals surface area contributed by atoms with E-state index in [4.69, 9.17) is 4.74 Å². The topological polar surface area (TPSA) is 153 Å². The van der Waals surface area contributed by atoms with Crippen LogP contribution in [0.25, 0.3) is 0 Å². The number of carboxylic acid groups (broad SMARTS) is 3. The molecule has 0 radical (unpaired) electrons. The number of carboxylic acids is 3. The summed E-state index contributed by atoms with van der Waals surface area (Å²) in [4.78, 5) is 50.7. The van der Waals surface area contributed by atoms with E-state index >= 15 is 0 Å². The first-order chi connectivity index (χ1) is 18.6. The third-order valence-corrected chi connectivity index (χ3v) is 6.85. The molecule has 2 atom stereocenters. The average molecular weight is 557 g/mol. The van der Waals surface area contributed by atoms with Gasteiger partial charge in [-0.25, -0.2) is 20.0 Å². The van der Waals surface area contributed by atoms with Crippen molar-refractivity contribution in [2.75, 3.05) is 0 Å². The number of nitrogens with one attached hydrogen (secondary N) is 1. The van der Waals surface area contributed by atoms with Crippen molar-refractivity contribution < 1.29 is 39.2 Å². The Morgan fingerprint density at radius 2 is 1.38 bits per heavy atom. The van der Waals surface area contributed by atoms with Crippen molar-refractivity contribution >= 4 is 24.0 Å². The Morgan fingerprint density at radius 1 is 0.850 bits per heavy atom. The molecule has 218 valence electrons. The summed E-state index contributed by atoms with van der Waals surface area (Å²) >= 11 is 0. The molecule has 0 aliphatic heterocycles. The lowest BCUT2D eigenvalue weighted by Gasteiger charge is -2.50. The SMILES string of the molecule is CC(C)(C)OC(=O)N(N[C@@H](CCC(=O)O)C(=O)O)[C@](Cc1ccccc1)(C(=O)O)C(C)(C)CCc1ccccc1. The fraction of sp³-hybridized carbons (Fsp3) is 0.467. The largest absolute Gasteiger partial charge is 0.481 e. The van der Waals surface area contributed by atoms with Crippen LogP contribution in [-0.4, -0.2) is 61.5 Å². The van der Waals surface area contributed by atoms with Crippen molar-refractivity contribution in [1.82, 2.24) is 10.4 Å². The molecule has 0 saturated heterocycles. The highest BCUT2D eigenvalue weighted by atomic mass is 16.6. The van der Waals surface area contributed by atoms with Gasteiger partial charge in [0.15, 0.2) is 5.54 Å². The van der Waals surface area contributed by atoms with Crippen LogP contribution >= 0.6 is 0 Å². The second kappa shape index (κ2) is 13.4. The van der Waals surface area contributed by atoms with Crippen molar-refractivity contribution in [3.63, 3.8) is 0 Å². The van der Waals surface area contributed by atoms with Crippen molar-refractivity contribution in [2.45, 2.75) is 83.9 Å². The molecule has 2 aromatic carbocycles. The highest BCUT2D eigenvalue weighted by Crippen LogP contribution is 2.43. The van der Waals surface area contributed by atoms with Crippen molar-refractivity contribution in [3.05, 3.63) is 71.8 Å². The number of rotatable bonds is 14. The summed E-state index contributed by atoms with van der Waals surface area (Å²) in [6, 6.07) is 16.6. The molecule has 0 fully saturated rings. The molecule has 0 aliphatic rings. The second-order valence-electron chi connectivity index (χ2n) is 11.5. The van der Waals surface area contributed by atoms with Gasteiger partial charge < -0.3 is 20.1 Å². The zero-order valence-electron chi connectivity index (χ0n) is 23.7. The van der Waals surface area contributed by atoms with Crippen LogP contribution in [0.2, 0.25) is 0 Å². The zero-order chi connectivity index (χ0) is 30.1. The number of aliphatic carboxylic acids is 3. The minimum Gasteiger partial charge on any atom is -0.481 e. The van der Waals surface area contributed by atoms with Gasteiger partial charge in [-0.2, -0.15) is 0 Å². The minimum absolute atomic E-state index is 0.178. The number of hydrazine groups is 1. The van der Waals surface area contributed by atoms with Crippen LogP contribution in [0.4, 0.5) is 4.79 Å². The lowest BCUT2D eigenvalue weighted by Crippen LogP contribution is -2.72. The predicted molar refractivity (Wildman–Crippen MR) is 149 cm³/mol. The quantitative estimate of drug-likeness (QED) is 0.241. The van der Waals surface area contributed by atoms with Gasteiger partial charge in [-0.3, -0.25) is 9.59 Å². The van der Waals surface area contributed by atoms with Gasteiger partial charge in [-0.05, 0) is 51.2 Å². The standard InChI is InChI=1S/C30H40N2O8/c1-28(2,3)40-27(39)32(31-23(25(35)36)16-17-24(33)34)30(26(37)38,20-22-14-10-7-11-15-22)29(4,5)19-18-21-12-8-6-9-13-21/h6-15,23,31H,16-20H2,1-5H3,(H,33,34)(H,35,36)(H,37,38)/t23-,30+/m0/s1. The van der Waals surface area contributed by atoms with E-state index in [0.717, 1.165) is 10.6 Å². The number of hydrogen-bond acceptors (Lipinski definition) is 6. The monoisotopic (exact) mass is 556 g/mol. The molecular formula is C30H40N2O8. The molecule has 0 unspecified atom stereocenters. The first-order valence-electron chi connectivity index (χ1n) is 13.1. The van der Waals surface area contributed by atoms with Crippen molar-refractivity contribution in [2.24, 2.45) is 5.41 Å². The van der Waals surface area contributed by atoms with Gasteiger partial charge in [0, 0.05) is 18.3 Å². The number of amides is 1. The van der Waals surface area contributed by atoms with E-state index in [1.165, 1.54) is 0 Å². The number of benzene rings is 2. The highest BCUT2D eigenvalue weighted by molar-refractivity contribution is 5.86. The maximum absolute atomic E-state index is 13.8. The molecule has 0 spiro atoms. The molecule has 10 heteroatoms. The second-order valence-corrected chi connectivity index (χ2v) is 11.5. The summed E-state index contributed by atoms with van der Waals surface area (Å²) in [5.74, 6) is -4.03. The van der Waals surface area contributed by atoms with Crippen LogP contribution in [0.1, 0.15) is 65.0 Å². The fourth-order valence-electron chi connectivity index (χ4n) is 4.57. The van der Waals surface area contributed by atoms with Crippen LogP contribution in [-0.2, 0) is 32.0 Å². The Bertz CT molecular complexity index is 1160. The summed E-state index contributed by atoms with van der Waals surface area (Å²) in [6.07, 6.45) is -1.37. The maximum atomic E-state index is 13.8. The first kappa shape index (κ1) is 32.3. The van der Waals surface area contributed by atoms with Gasteiger partial charge in [0.1, 0.15) is 11.6 Å². The summed E-state index contributed by atoms with van der Waals surface area (Å²) < 4.78 is 5.61. The van der Waals surface area contributed by atoms with E-state index in [1.807, 2.05) is 30.3 Å². The van der Waals surface area contributed by atoms with Crippen LogP contribution in [0, 0.1) is 5.41 Å². The van der Waals surface area contributed by atoms with Gasteiger partial charge in [0.2, 0.25) is 0 Å². The van der Waals surface area contributed by atoms with Crippen molar-refractivity contribution in [1.29, 1.82) is 0 Å². The number of carbonyl (C=O) groups is 4. The molecule has 0 bridgehead atoms. The summed E-state index contributed by atoms with van der Waals surface area (Å²) in [6.45, 7) is 8.28.